The van der Waals surface area contributed by atoms with Crippen LogP contribution in [0, 0.1) is 18.3 Å². The minimum Gasteiger partial charge on any atom is -0.450 e. The van der Waals surface area contributed by atoms with Crippen molar-refractivity contribution in [1.29, 1.82) is 5.26 Å². The van der Waals surface area contributed by atoms with Crippen molar-refractivity contribution in [3.05, 3.63) is 41.6 Å². The highest BCUT2D eigenvalue weighted by molar-refractivity contribution is 6.06. The number of ether oxygens (including phenoxy) is 1. The molecule has 1 aliphatic rings. The maximum atomic E-state index is 12.3. The average Bonchev–Trinajstić information content (AvgIpc) is 2.62. The van der Waals surface area contributed by atoms with Gasteiger partial charge in [0.2, 0.25) is 0 Å². The molecule has 7 nitrogen and oxygen atoms in total. The molecule has 0 aromatic heterocycles. The lowest BCUT2D eigenvalue weighted by Crippen LogP contribution is -2.47. The van der Waals surface area contributed by atoms with E-state index < -0.39 is 5.91 Å². The lowest BCUT2D eigenvalue weighted by atomic mass is 10.2. The minimum atomic E-state index is -0.440. The topological polar surface area (TPSA) is 85.7 Å². The number of amides is 2. The Morgan fingerprint density at radius 3 is 2.56 bits per heavy atom. The summed E-state index contributed by atoms with van der Waals surface area (Å²) in [6.07, 6.45) is 1.22. The predicted octanol–water partition coefficient (Wildman–Crippen LogP) is 2.12. The maximum Gasteiger partial charge on any atom is 0.409 e. The lowest BCUT2D eigenvalue weighted by molar-refractivity contribution is -0.112. The number of benzene rings is 1. The molecule has 1 aliphatic heterocycles. The first-order valence-corrected chi connectivity index (χ1v) is 8.19. The quantitative estimate of drug-likeness (QED) is 0.669. The van der Waals surface area contributed by atoms with Gasteiger partial charge in [0.25, 0.3) is 5.91 Å². The van der Waals surface area contributed by atoms with Gasteiger partial charge in [0, 0.05) is 38.1 Å². The molecular weight excluding hydrogens is 320 g/mol. The molecule has 1 N–H and O–H groups in total. The van der Waals surface area contributed by atoms with Crippen molar-refractivity contribution >= 4 is 17.7 Å². The molecule has 1 aromatic rings. The van der Waals surface area contributed by atoms with Gasteiger partial charge < -0.3 is 19.9 Å². The summed E-state index contributed by atoms with van der Waals surface area (Å²) in [5, 5.41) is 12.0. The number of carbonyl (C=O) groups is 2. The Bertz CT molecular complexity index is 701. The van der Waals surface area contributed by atoms with Gasteiger partial charge in [-0.3, -0.25) is 4.79 Å². The van der Waals surface area contributed by atoms with Crippen molar-refractivity contribution in [2.24, 2.45) is 0 Å². The first-order chi connectivity index (χ1) is 12.0. The molecular formula is C18H22N4O3. The third kappa shape index (κ3) is 4.98. The van der Waals surface area contributed by atoms with Crippen LogP contribution in [0.5, 0.6) is 0 Å². The van der Waals surface area contributed by atoms with Gasteiger partial charge >= 0.3 is 6.09 Å². The Kier molecular flexibility index (Phi) is 6.40. The van der Waals surface area contributed by atoms with E-state index in [1.165, 1.54) is 0 Å². The zero-order valence-corrected chi connectivity index (χ0v) is 14.5. The number of nitrogens with zero attached hydrogens (tertiary/aromatic N) is 3. The van der Waals surface area contributed by atoms with Crippen molar-refractivity contribution in [3.8, 4) is 6.07 Å². The van der Waals surface area contributed by atoms with Crippen molar-refractivity contribution in [1.82, 2.24) is 9.80 Å². The SMILES string of the molecule is CCOC(=O)N1CCN(/C=C(/C#N)C(=O)Nc2ccccc2C)CC1. The molecule has 132 valence electrons. The summed E-state index contributed by atoms with van der Waals surface area (Å²) in [4.78, 5) is 27.5. The van der Waals surface area contributed by atoms with Crippen LogP contribution in [0.2, 0.25) is 0 Å². The van der Waals surface area contributed by atoms with E-state index in [4.69, 9.17) is 4.74 Å². The zero-order chi connectivity index (χ0) is 18.2. The predicted molar refractivity (Wildman–Crippen MR) is 93.7 cm³/mol. The van der Waals surface area contributed by atoms with Crippen LogP contribution in [0.15, 0.2) is 36.0 Å². The molecule has 0 radical (unpaired) electrons. The van der Waals surface area contributed by atoms with Crippen LogP contribution in [0.3, 0.4) is 0 Å². The maximum absolute atomic E-state index is 12.3. The fraction of sp³-hybridized carbons (Fsp3) is 0.389. The van der Waals surface area contributed by atoms with E-state index >= 15 is 0 Å². The van der Waals surface area contributed by atoms with Gasteiger partial charge in [-0.2, -0.15) is 5.26 Å². The Balaban J connectivity index is 1.97. The first-order valence-electron chi connectivity index (χ1n) is 8.19. The highest BCUT2D eigenvalue weighted by Crippen LogP contribution is 2.14. The molecule has 7 heteroatoms. The van der Waals surface area contributed by atoms with E-state index in [1.54, 1.807) is 24.1 Å². The number of hydrogen-bond acceptors (Lipinski definition) is 5. The number of hydrogen-bond donors (Lipinski definition) is 1. The van der Waals surface area contributed by atoms with E-state index in [-0.39, 0.29) is 11.7 Å². The molecule has 0 atom stereocenters. The molecule has 0 unspecified atom stereocenters. The van der Waals surface area contributed by atoms with Crippen LogP contribution in [0.25, 0.3) is 0 Å². The minimum absolute atomic E-state index is 0.0350. The number of para-hydroxylation sites is 1. The zero-order valence-electron chi connectivity index (χ0n) is 14.5. The van der Waals surface area contributed by atoms with Crippen molar-refractivity contribution in [2.45, 2.75) is 13.8 Å². The molecule has 2 amide bonds. The molecule has 0 bridgehead atoms. The Morgan fingerprint density at radius 2 is 1.96 bits per heavy atom. The van der Waals surface area contributed by atoms with Crippen LogP contribution in [-0.4, -0.2) is 54.6 Å². The number of aryl methyl sites for hydroxylation is 1. The fourth-order valence-electron chi connectivity index (χ4n) is 2.47. The number of anilines is 1. The van der Waals surface area contributed by atoms with Crippen LogP contribution in [0.4, 0.5) is 10.5 Å². The highest BCUT2D eigenvalue weighted by atomic mass is 16.6. The lowest BCUT2D eigenvalue weighted by Gasteiger charge is -2.33. The second kappa shape index (κ2) is 8.73. The smallest absolute Gasteiger partial charge is 0.409 e. The second-order valence-electron chi connectivity index (χ2n) is 5.65. The molecule has 1 saturated heterocycles. The number of rotatable bonds is 4. The van der Waals surface area contributed by atoms with Gasteiger partial charge in [-0.25, -0.2) is 4.79 Å². The van der Waals surface area contributed by atoms with E-state index in [2.05, 4.69) is 5.32 Å². The standard InChI is InChI=1S/C18H22N4O3/c1-3-25-18(24)22-10-8-21(9-11-22)13-15(12-19)17(23)20-16-7-5-4-6-14(16)2/h4-7,13H,3,8-11H2,1-2H3,(H,20,23)/b15-13-. The van der Waals surface area contributed by atoms with Crippen LogP contribution < -0.4 is 5.32 Å². The monoisotopic (exact) mass is 342 g/mol. The van der Waals surface area contributed by atoms with E-state index in [0.29, 0.717) is 38.5 Å². The average molecular weight is 342 g/mol. The van der Waals surface area contributed by atoms with Crippen molar-refractivity contribution in [3.63, 3.8) is 0 Å². The summed E-state index contributed by atoms with van der Waals surface area (Å²) < 4.78 is 4.97. The third-order valence-corrected chi connectivity index (χ3v) is 3.91. The van der Waals surface area contributed by atoms with Gasteiger partial charge in [-0.15, -0.1) is 0 Å². The van der Waals surface area contributed by atoms with Crippen LogP contribution in [-0.2, 0) is 9.53 Å². The van der Waals surface area contributed by atoms with Crippen molar-refractivity contribution in [2.75, 3.05) is 38.1 Å². The van der Waals surface area contributed by atoms with Crippen molar-refractivity contribution < 1.29 is 14.3 Å². The Morgan fingerprint density at radius 1 is 1.28 bits per heavy atom. The first kappa shape index (κ1) is 18.3. The highest BCUT2D eigenvalue weighted by Gasteiger charge is 2.21. The third-order valence-electron chi connectivity index (χ3n) is 3.91. The summed E-state index contributed by atoms with van der Waals surface area (Å²) in [5.41, 5.74) is 1.64. The normalized spacial score (nSPS) is 14.7. The Hall–Kier alpha value is -3.01. The van der Waals surface area contributed by atoms with Crippen LogP contribution in [0.1, 0.15) is 12.5 Å². The Labute approximate surface area is 147 Å². The summed E-state index contributed by atoms with van der Waals surface area (Å²) in [5.74, 6) is -0.440. The van der Waals surface area contributed by atoms with Gasteiger partial charge in [-0.1, -0.05) is 18.2 Å². The molecule has 0 aliphatic carbocycles. The van der Waals surface area contributed by atoms with E-state index in [0.717, 1.165) is 5.56 Å². The van der Waals surface area contributed by atoms with Crippen LogP contribution >= 0.6 is 0 Å². The number of carbonyl (C=O) groups excluding carboxylic acids is 2. The van der Waals surface area contributed by atoms with E-state index in [9.17, 15) is 14.9 Å². The van der Waals surface area contributed by atoms with Gasteiger partial charge in [-0.05, 0) is 25.5 Å². The summed E-state index contributed by atoms with van der Waals surface area (Å²) >= 11 is 0. The molecule has 1 heterocycles. The van der Waals surface area contributed by atoms with Gasteiger partial charge in [0.15, 0.2) is 0 Å². The fourth-order valence-corrected chi connectivity index (χ4v) is 2.47. The number of nitriles is 1. The second-order valence-corrected chi connectivity index (χ2v) is 5.65. The van der Waals surface area contributed by atoms with Gasteiger partial charge in [0.1, 0.15) is 11.6 Å². The van der Waals surface area contributed by atoms with E-state index in [1.807, 2.05) is 36.1 Å². The summed E-state index contributed by atoms with van der Waals surface area (Å²) in [6, 6.07) is 9.34. The largest absolute Gasteiger partial charge is 0.450 e. The molecule has 0 spiro atoms. The summed E-state index contributed by atoms with van der Waals surface area (Å²) in [6.45, 7) is 6.07. The molecule has 0 saturated carbocycles. The number of piperazine rings is 1. The molecule has 1 aromatic carbocycles. The molecule has 25 heavy (non-hydrogen) atoms. The molecule has 1 fully saturated rings. The molecule has 2 rings (SSSR count). The number of nitrogens with one attached hydrogen (secondary N) is 1. The summed E-state index contributed by atoms with van der Waals surface area (Å²) in [7, 11) is 0. The van der Waals surface area contributed by atoms with Gasteiger partial charge in [0.05, 0.1) is 6.61 Å².